The second-order valence-corrected chi connectivity index (χ2v) is 5.59. The third-order valence-corrected chi connectivity index (χ3v) is 3.82. The molecule has 0 saturated carbocycles. The molecule has 104 valence electrons. The van der Waals surface area contributed by atoms with E-state index in [0.29, 0.717) is 9.37 Å². The Labute approximate surface area is 122 Å². The maximum atomic E-state index is 10.9. The van der Waals surface area contributed by atoms with Crippen LogP contribution in [0.4, 0.5) is 0 Å². The van der Waals surface area contributed by atoms with E-state index in [-0.39, 0.29) is 17.3 Å². The largest absolute Gasteiger partial charge is 0.508 e. The van der Waals surface area contributed by atoms with Crippen molar-refractivity contribution in [1.82, 2.24) is 5.32 Å². The number of phenolic OH excluding ortho intramolecular Hbond substituents is 2. The Morgan fingerprint density at radius 3 is 2.58 bits per heavy atom. The number of carbonyl (C=O) groups excluding carboxylic acids is 1. The summed E-state index contributed by atoms with van der Waals surface area (Å²) in [4.78, 5) is 22.1. The molecule has 0 aliphatic heterocycles. The lowest BCUT2D eigenvalue weighted by atomic mass is 10.3. The Morgan fingerprint density at radius 1 is 1.42 bits per heavy atom. The van der Waals surface area contributed by atoms with Gasteiger partial charge in [0, 0.05) is 12.7 Å². The van der Waals surface area contributed by atoms with Crippen molar-refractivity contribution in [3.63, 3.8) is 0 Å². The van der Waals surface area contributed by atoms with E-state index in [2.05, 4.69) is 21.2 Å². The van der Waals surface area contributed by atoms with Gasteiger partial charge in [-0.1, -0.05) is 0 Å². The first-order chi connectivity index (χ1) is 8.81. The number of hydrogen-bond donors (Lipinski definition) is 4. The summed E-state index contributed by atoms with van der Waals surface area (Å²) in [6, 6.07) is 1.57. The molecule has 0 fully saturated rings. The van der Waals surface area contributed by atoms with Crippen molar-refractivity contribution in [2.45, 2.75) is 17.9 Å². The minimum atomic E-state index is -1.17. The van der Waals surface area contributed by atoms with Gasteiger partial charge >= 0.3 is 5.97 Å². The second-order valence-electron chi connectivity index (χ2n) is 3.68. The van der Waals surface area contributed by atoms with Crippen molar-refractivity contribution in [1.29, 1.82) is 0 Å². The number of aliphatic carboxylic acids is 1. The molecule has 0 aromatic heterocycles. The van der Waals surface area contributed by atoms with Gasteiger partial charge in [-0.3, -0.25) is 4.79 Å². The molecule has 1 aromatic carbocycles. The number of thioether (sulfide) groups is 1. The number of rotatable bonds is 5. The smallest absolute Gasteiger partial charge is 0.327 e. The highest BCUT2D eigenvalue weighted by Crippen LogP contribution is 2.38. The first-order valence-electron chi connectivity index (χ1n) is 5.15. The highest BCUT2D eigenvalue weighted by molar-refractivity contribution is 9.10. The molecule has 0 saturated heterocycles. The number of carboxylic acid groups (broad SMARTS) is 1. The molecule has 4 N–H and O–H groups in total. The van der Waals surface area contributed by atoms with Crippen LogP contribution in [0.3, 0.4) is 0 Å². The van der Waals surface area contributed by atoms with E-state index in [1.54, 1.807) is 0 Å². The van der Waals surface area contributed by atoms with Crippen LogP contribution in [0, 0.1) is 0 Å². The average Bonchev–Trinajstić information content (AvgIpc) is 2.29. The summed E-state index contributed by atoms with van der Waals surface area (Å²) < 4.78 is 0.307. The molecule has 1 amide bonds. The average molecular weight is 350 g/mol. The zero-order valence-electron chi connectivity index (χ0n) is 9.88. The van der Waals surface area contributed by atoms with Crippen LogP contribution in [0.1, 0.15) is 6.92 Å². The van der Waals surface area contributed by atoms with E-state index in [0.717, 1.165) is 11.8 Å². The number of benzene rings is 1. The molecule has 1 rings (SSSR count). The van der Waals surface area contributed by atoms with Gasteiger partial charge in [-0.05, 0) is 28.1 Å². The van der Waals surface area contributed by atoms with E-state index in [1.165, 1.54) is 19.1 Å². The van der Waals surface area contributed by atoms with Crippen LogP contribution >= 0.6 is 27.7 Å². The molecule has 0 radical (unpaired) electrons. The van der Waals surface area contributed by atoms with Gasteiger partial charge in [0.2, 0.25) is 5.91 Å². The monoisotopic (exact) mass is 349 g/mol. The molecule has 0 spiro atoms. The third kappa shape index (κ3) is 4.64. The quantitative estimate of drug-likeness (QED) is 0.474. The van der Waals surface area contributed by atoms with E-state index in [9.17, 15) is 19.8 Å². The van der Waals surface area contributed by atoms with Crippen molar-refractivity contribution in [2.75, 3.05) is 5.75 Å². The van der Waals surface area contributed by atoms with E-state index >= 15 is 0 Å². The molecule has 0 aliphatic rings. The van der Waals surface area contributed by atoms with Crippen LogP contribution in [0.5, 0.6) is 11.5 Å². The number of carboxylic acids is 1. The standard InChI is InChI=1S/C11H12BrNO5S/c1-5(14)13-8(11(17)18)4-19-9-3-6(15)2-7(12)10(9)16/h2-3,8,15-16H,4H2,1H3,(H,13,14)(H,17,18). The normalized spacial score (nSPS) is 11.9. The molecular weight excluding hydrogens is 338 g/mol. The van der Waals surface area contributed by atoms with Gasteiger partial charge in [0.1, 0.15) is 17.5 Å². The molecular formula is C11H12BrNO5S. The maximum Gasteiger partial charge on any atom is 0.327 e. The molecule has 0 heterocycles. The van der Waals surface area contributed by atoms with Crippen LogP contribution in [0.25, 0.3) is 0 Å². The summed E-state index contributed by atoms with van der Waals surface area (Å²) in [5.74, 6) is -1.73. The lowest BCUT2D eigenvalue weighted by Gasteiger charge is -2.13. The van der Waals surface area contributed by atoms with Gasteiger partial charge in [-0.2, -0.15) is 0 Å². The Kier molecular flexibility index (Phi) is 5.49. The fourth-order valence-corrected chi connectivity index (χ4v) is 2.87. The Morgan fingerprint density at radius 2 is 2.05 bits per heavy atom. The first-order valence-corrected chi connectivity index (χ1v) is 6.93. The van der Waals surface area contributed by atoms with Gasteiger partial charge in [0.15, 0.2) is 0 Å². The number of aromatic hydroxyl groups is 2. The van der Waals surface area contributed by atoms with E-state index in [4.69, 9.17) is 5.11 Å². The number of halogens is 1. The van der Waals surface area contributed by atoms with E-state index in [1.807, 2.05) is 0 Å². The molecule has 1 aromatic rings. The van der Waals surface area contributed by atoms with Gasteiger partial charge in [0.25, 0.3) is 0 Å². The summed E-state index contributed by atoms with van der Waals surface area (Å²) in [6.45, 7) is 1.23. The van der Waals surface area contributed by atoms with E-state index < -0.39 is 17.9 Å². The minimum absolute atomic E-state index is 0.0262. The highest BCUT2D eigenvalue weighted by Gasteiger charge is 2.20. The zero-order valence-corrected chi connectivity index (χ0v) is 12.3. The number of carbonyl (C=O) groups is 2. The van der Waals surface area contributed by atoms with Crippen molar-refractivity contribution in [2.24, 2.45) is 0 Å². The number of phenols is 2. The van der Waals surface area contributed by atoms with Gasteiger partial charge in [-0.25, -0.2) is 4.79 Å². The van der Waals surface area contributed by atoms with Crippen LogP contribution in [-0.2, 0) is 9.59 Å². The van der Waals surface area contributed by atoms with Gasteiger partial charge < -0.3 is 20.6 Å². The minimum Gasteiger partial charge on any atom is -0.508 e. The Bertz CT molecular complexity index is 508. The SMILES string of the molecule is CC(=O)NC(CSc1cc(O)cc(Br)c1O)C(=O)O. The molecule has 1 atom stereocenters. The van der Waals surface area contributed by atoms with Crippen molar-refractivity contribution in [3.8, 4) is 11.5 Å². The Hall–Kier alpha value is -1.41. The fourth-order valence-electron chi connectivity index (χ4n) is 1.26. The lowest BCUT2D eigenvalue weighted by molar-refractivity contribution is -0.140. The topological polar surface area (TPSA) is 107 Å². The van der Waals surface area contributed by atoms with Crippen LogP contribution in [0.15, 0.2) is 21.5 Å². The third-order valence-electron chi connectivity index (χ3n) is 2.09. The predicted molar refractivity (Wildman–Crippen MR) is 73.4 cm³/mol. The summed E-state index contributed by atoms with van der Waals surface area (Å²) in [7, 11) is 0. The fraction of sp³-hybridized carbons (Fsp3) is 0.273. The molecule has 0 bridgehead atoms. The summed E-state index contributed by atoms with van der Waals surface area (Å²) in [6.07, 6.45) is 0. The zero-order chi connectivity index (χ0) is 14.6. The number of amides is 1. The maximum absolute atomic E-state index is 10.9. The van der Waals surface area contributed by atoms with Gasteiger partial charge in [0.05, 0.1) is 9.37 Å². The second kappa shape index (κ2) is 6.67. The first kappa shape index (κ1) is 15.6. The van der Waals surface area contributed by atoms with Crippen molar-refractivity contribution >= 4 is 39.6 Å². The molecule has 6 nitrogen and oxygen atoms in total. The molecule has 19 heavy (non-hydrogen) atoms. The number of hydrogen-bond acceptors (Lipinski definition) is 5. The number of nitrogens with one attached hydrogen (secondary N) is 1. The predicted octanol–water partition coefficient (Wildman–Crippen LogP) is 1.54. The van der Waals surface area contributed by atoms with Crippen LogP contribution in [0.2, 0.25) is 0 Å². The summed E-state index contributed by atoms with van der Waals surface area (Å²) >= 11 is 4.08. The molecule has 8 heteroatoms. The lowest BCUT2D eigenvalue weighted by Crippen LogP contribution is -2.41. The van der Waals surface area contributed by atoms with Gasteiger partial charge in [-0.15, -0.1) is 11.8 Å². The van der Waals surface area contributed by atoms with Crippen molar-refractivity contribution in [3.05, 3.63) is 16.6 Å². The highest BCUT2D eigenvalue weighted by atomic mass is 79.9. The molecule has 0 aliphatic carbocycles. The van der Waals surface area contributed by atoms with Crippen LogP contribution in [-0.4, -0.2) is 39.0 Å². The summed E-state index contributed by atoms with van der Waals surface area (Å²) in [5.41, 5.74) is 0. The molecule has 1 unspecified atom stereocenters. The van der Waals surface area contributed by atoms with Crippen molar-refractivity contribution < 1.29 is 24.9 Å². The summed E-state index contributed by atoms with van der Waals surface area (Å²) in [5, 5.41) is 30.4. The van der Waals surface area contributed by atoms with Crippen LogP contribution < -0.4 is 5.32 Å². The Balaban J connectivity index is 2.79.